The standard InChI is InChI=1S/C12H14FNO2S/c13-9-1-3-11(4-2-9)17-8-12(16)14-6-5-10(15)7-14/h1-4,10,15H,5-8H2. The highest BCUT2D eigenvalue weighted by atomic mass is 32.2. The van der Waals surface area contributed by atoms with Crippen molar-refractivity contribution in [2.75, 3.05) is 18.8 Å². The average Bonchev–Trinajstić information content (AvgIpc) is 2.75. The van der Waals surface area contributed by atoms with Gasteiger partial charge in [0.25, 0.3) is 0 Å². The first-order valence-corrected chi connectivity index (χ1v) is 6.48. The van der Waals surface area contributed by atoms with E-state index in [9.17, 15) is 14.3 Å². The molecule has 1 N–H and O–H groups in total. The summed E-state index contributed by atoms with van der Waals surface area (Å²) in [6.45, 7) is 1.06. The predicted molar refractivity (Wildman–Crippen MR) is 64.3 cm³/mol. The van der Waals surface area contributed by atoms with Gasteiger partial charge in [0.05, 0.1) is 11.9 Å². The van der Waals surface area contributed by atoms with E-state index in [1.165, 1.54) is 23.9 Å². The molecule has 1 saturated heterocycles. The number of nitrogens with zero attached hydrogens (tertiary/aromatic N) is 1. The van der Waals surface area contributed by atoms with Crippen LogP contribution in [-0.4, -0.2) is 40.9 Å². The molecule has 17 heavy (non-hydrogen) atoms. The van der Waals surface area contributed by atoms with E-state index in [1.54, 1.807) is 17.0 Å². The van der Waals surface area contributed by atoms with Gasteiger partial charge in [-0.1, -0.05) is 0 Å². The monoisotopic (exact) mass is 255 g/mol. The maximum absolute atomic E-state index is 12.7. The zero-order valence-corrected chi connectivity index (χ0v) is 10.1. The molecule has 1 aromatic carbocycles. The molecule has 0 radical (unpaired) electrons. The molecule has 0 aliphatic carbocycles. The van der Waals surface area contributed by atoms with E-state index in [1.807, 2.05) is 0 Å². The average molecular weight is 255 g/mol. The number of carbonyl (C=O) groups is 1. The summed E-state index contributed by atoms with van der Waals surface area (Å²) in [6, 6.07) is 6.08. The van der Waals surface area contributed by atoms with Crippen molar-refractivity contribution in [2.45, 2.75) is 17.4 Å². The summed E-state index contributed by atoms with van der Waals surface area (Å²) in [6.07, 6.45) is 0.280. The van der Waals surface area contributed by atoms with Gasteiger partial charge in [-0.3, -0.25) is 4.79 Å². The van der Waals surface area contributed by atoms with Crippen LogP contribution in [-0.2, 0) is 4.79 Å². The van der Waals surface area contributed by atoms with Crippen LogP contribution >= 0.6 is 11.8 Å². The Labute approximate surface area is 104 Å². The Bertz CT molecular complexity index is 396. The molecule has 0 aromatic heterocycles. The topological polar surface area (TPSA) is 40.5 Å². The Morgan fingerprint density at radius 1 is 1.47 bits per heavy atom. The third-order valence-electron chi connectivity index (χ3n) is 2.69. The second kappa shape index (κ2) is 5.51. The third kappa shape index (κ3) is 3.44. The Morgan fingerprint density at radius 2 is 2.18 bits per heavy atom. The van der Waals surface area contributed by atoms with Gasteiger partial charge < -0.3 is 10.0 Å². The third-order valence-corrected chi connectivity index (χ3v) is 3.69. The summed E-state index contributed by atoms with van der Waals surface area (Å²) in [4.78, 5) is 14.3. The molecule has 1 aliphatic heterocycles. The number of aliphatic hydroxyl groups is 1. The second-order valence-electron chi connectivity index (χ2n) is 4.02. The number of halogens is 1. The first-order chi connectivity index (χ1) is 8.15. The number of aliphatic hydroxyl groups excluding tert-OH is 1. The quantitative estimate of drug-likeness (QED) is 0.832. The second-order valence-corrected chi connectivity index (χ2v) is 5.07. The van der Waals surface area contributed by atoms with Crippen LogP contribution in [0.1, 0.15) is 6.42 Å². The molecular weight excluding hydrogens is 241 g/mol. The van der Waals surface area contributed by atoms with Gasteiger partial charge in [-0.15, -0.1) is 11.8 Å². The van der Waals surface area contributed by atoms with Gasteiger partial charge in [0, 0.05) is 18.0 Å². The number of hydrogen-bond donors (Lipinski definition) is 1. The highest BCUT2D eigenvalue weighted by Crippen LogP contribution is 2.19. The lowest BCUT2D eigenvalue weighted by Gasteiger charge is -2.14. The fraction of sp³-hybridized carbons (Fsp3) is 0.417. The molecule has 0 spiro atoms. The number of amides is 1. The molecule has 1 amide bonds. The molecule has 3 nitrogen and oxygen atoms in total. The zero-order chi connectivity index (χ0) is 12.3. The van der Waals surface area contributed by atoms with Crippen LogP contribution in [0.4, 0.5) is 4.39 Å². The largest absolute Gasteiger partial charge is 0.391 e. The normalized spacial score (nSPS) is 19.6. The molecule has 0 bridgehead atoms. The molecular formula is C12H14FNO2S. The fourth-order valence-electron chi connectivity index (χ4n) is 1.74. The van der Waals surface area contributed by atoms with Crippen LogP contribution in [0.25, 0.3) is 0 Å². The lowest BCUT2D eigenvalue weighted by molar-refractivity contribution is -0.127. The van der Waals surface area contributed by atoms with E-state index in [4.69, 9.17) is 0 Å². The SMILES string of the molecule is O=C(CSc1ccc(F)cc1)N1CCC(O)C1. The van der Waals surface area contributed by atoms with E-state index in [0.717, 1.165) is 4.90 Å². The Hall–Kier alpha value is -1.07. The van der Waals surface area contributed by atoms with Crippen LogP contribution < -0.4 is 0 Å². The molecule has 2 rings (SSSR count). The van der Waals surface area contributed by atoms with Crippen molar-refractivity contribution >= 4 is 17.7 Å². The van der Waals surface area contributed by atoms with Gasteiger partial charge in [0.15, 0.2) is 0 Å². The zero-order valence-electron chi connectivity index (χ0n) is 9.30. The van der Waals surface area contributed by atoms with Gasteiger partial charge >= 0.3 is 0 Å². The number of likely N-dealkylation sites (tertiary alicyclic amines) is 1. The molecule has 1 aromatic rings. The maximum atomic E-state index is 12.7. The summed E-state index contributed by atoms with van der Waals surface area (Å²) >= 11 is 1.39. The van der Waals surface area contributed by atoms with Gasteiger partial charge in [0.2, 0.25) is 5.91 Å². The van der Waals surface area contributed by atoms with Gasteiger partial charge in [0.1, 0.15) is 5.82 Å². The van der Waals surface area contributed by atoms with Crippen molar-refractivity contribution in [3.63, 3.8) is 0 Å². The maximum Gasteiger partial charge on any atom is 0.233 e. The number of thioether (sulfide) groups is 1. The molecule has 1 unspecified atom stereocenters. The number of hydrogen-bond acceptors (Lipinski definition) is 3. The Balaban J connectivity index is 1.82. The van der Waals surface area contributed by atoms with Gasteiger partial charge in [-0.2, -0.15) is 0 Å². The van der Waals surface area contributed by atoms with E-state index in [0.29, 0.717) is 25.3 Å². The number of benzene rings is 1. The Morgan fingerprint density at radius 3 is 2.76 bits per heavy atom. The van der Waals surface area contributed by atoms with Crippen LogP contribution in [0, 0.1) is 5.82 Å². The summed E-state index contributed by atoms with van der Waals surface area (Å²) in [5.74, 6) is 0.0810. The summed E-state index contributed by atoms with van der Waals surface area (Å²) in [7, 11) is 0. The van der Waals surface area contributed by atoms with Crippen molar-refractivity contribution in [2.24, 2.45) is 0 Å². The van der Waals surface area contributed by atoms with Crippen LogP contribution in [0.5, 0.6) is 0 Å². The van der Waals surface area contributed by atoms with Crippen LogP contribution in [0.2, 0.25) is 0 Å². The van der Waals surface area contributed by atoms with Crippen molar-refractivity contribution in [3.8, 4) is 0 Å². The van der Waals surface area contributed by atoms with E-state index >= 15 is 0 Å². The van der Waals surface area contributed by atoms with Gasteiger partial charge in [-0.05, 0) is 30.7 Å². The van der Waals surface area contributed by atoms with E-state index < -0.39 is 0 Å². The first kappa shape index (κ1) is 12.4. The minimum absolute atomic E-state index is 0.0240. The van der Waals surface area contributed by atoms with E-state index in [2.05, 4.69) is 0 Å². The molecule has 1 atom stereocenters. The summed E-state index contributed by atoms with van der Waals surface area (Å²) < 4.78 is 12.7. The Kier molecular flexibility index (Phi) is 4.02. The number of carbonyl (C=O) groups excluding carboxylic acids is 1. The minimum Gasteiger partial charge on any atom is -0.391 e. The van der Waals surface area contributed by atoms with E-state index in [-0.39, 0.29) is 17.8 Å². The fourth-order valence-corrected chi connectivity index (χ4v) is 2.54. The minimum atomic E-state index is -0.380. The van der Waals surface area contributed by atoms with Crippen molar-refractivity contribution in [1.82, 2.24) is 4.90 Å². The molecule has 1 aliphatic rings. The number of β-amino-alcohol motifs (C(OH)–C–C–N with tert-alkyl or cyclic N) is 1. The number of rotatable bonds is 3. The molecule has 92 valence electrons. The van der Waals surface area contributed by atoms with Crippen LogP contribution in [0.15, 0.2) is 29.2 Å². The lowest BCUT2D eigenvalue weighted by atomic mass is 10.3. The summed E-state index contributed by atoms with van der Waals surface area (Å²) in [5.41, 5.74) is 0. The molecule has 0 saturated carbocycles. The molecule has 5 heteroatoms. The first-order valence-electron chi connectivity index (χ1n) is 5.49. The van der Waals surface area contributed by atoms with Crippen molar-refractivity contribution in [1.29, 1.82) is 0 Å². The summed E-state index contributed by atoms with van der Waals surface area (Å²) in [5, 5.41) is 9.32. The van der Waals surface area contributed by atoms with Crippen molar-refractivity contribution in [3.05, 3.63) is 30.1 Å². The van der Waals surface area contributed by atoms with Gasteiger partial charge in [-0.25, -0.2) is 4.39 Å². The highest BCUT2D eigenvalue weighted by molar-refractivity contribution is 8.00. The predicted octanol–water partition coefficient (Wildman–Crippen LogP) is 1.51. The smallest absolute Gasteiger partial charge is 0.233 e. The molecule has 1 heterocycles. The lowest BCUT2D eigenvalue weighted by Crippen LogP contribution is -2.30. The highest BCUT2D eigenvalue weighted by Gasteiger charge is 2.24. The van der Waals surface area contributed by atoms with Crippen LogP contribution in [0.3, 0.4) is 0 Å². The van der Waals surface area contributed by atoms with Crippen molar-refractivity contribution < 1.29 is 14.3 Å². The molecule has 1 fully saturated rings.